The van der Waals surface area contributed by atoms with E-state index in [1.165, 1.54) is 0 Å². The Kier molecular flexibility index (Phi) is 4.62. The number of carbonyl (C=O) groups is 1. The lowest BCUT2D eigenvalue weighted by Crippen LogP contribution is -2.17. The summed E-state index contributed by atoms with van der Waals surface area (Å²) in [5.74, 6) is 0.827. The molecule has 0 saturated carbocycles. The molecule has 0 atom stereocenters. The molecule has 1 heterocycles. The Bertz CT molecular complexity index is 839. The van der Waals surface area contributed by atoms with Crippen molar-refractivity contribution in [3.05, 3.63) is 53.6 Å². The van der Waals surface area contributed by atoms with Gasteiger partial charge in [-0.1, -0.05) is 30.6 Å². The predicted octanol–water partition coefficient (Wildman–Crippen LogP) is 4.65. The van der Waals surface area contributed by atoms with Gasteiger partial charge in [-0.3, -0.25) is 4.79 Å². The van der Waals surface area contributed by atoms with Gasteiger partial charge < -0.3 is 9.84 Å². The van der Waals surface area contributed by atoms with E-state index in [0.29, 0.717) is 16.7 Å². The molecule has 122 valence electrons. The normalized spacial score (nSPS) is 10.8. The zero-order valence-corrected chi connectivity index (χ0v) is 14.0. The summed E-state index contributed by atoms with van der Waals surface area (Å²) in [5, 5.41) is 7.48. The van der Waals surface area contributed by atoms with E-state index in [-0.39, 0.29) is 11.8 Å². The van der Waals surface area contributed by atoms with E-state index < -0.39 is 0 Å². The van der Waals surface area contributed by atoms with Crippen LogP contribution in [0.2, 0.25) is 5.02 Å². The monoisotopic (exact) mass is 341 g/mol. The summed E-state index contributed by atoms with van der Waals surface area (Å²) in [7, 11) is 0. The van der Waals surface area contributed by atoms with Crippen molar-refractivity contribution in [1.29, 1.82) is 0 Å². The fourth-order valence-corrected chi connectivity index (χ4v) is 2.17. The minimum Gasteiger partial charge on any atom is -0.334 e. The second-order valence-electron chi connectivity index (χ2n) is 5.65. The van der Waals surface area contributed by atoms with Crippen LogP contribution in [0.4, 0.5) is 5.69 Å². The van der Waals surface area contributed by atoms with E-state index in [1.54, 1.807) is 12.1 Å². The number of halogens is 1. The molecule has 0 aliphatic heterocycles. The van der Waals surface area contributed by atoms with Gasteiger partial charge in [0.25, 0.3) is 5.89 Å². The quantitative estimate of drug-likeness (QED) is 0.749. The zero-order chi connectivity index (χ0) is 17.1. The minimum absolute atomic E-state index is 0.0226. The van der Waals surface area contributed by atoms with E-state index in [2.05, 4.69) is 15.5 Å². The third-order valence-corrected chi connectivity index (χ3v) is 3.70. The maximum atomic E-state index is 11.7. The number of hydrogen-bond acceptors (Lipinski definition) is 4. The summed E-state index contributed by atoms with van der Waals surface area (Å²) < 4.78 is 5.31. The molecular formula is C18H16ClN3O2. The van der Waals surface area contributed by atoms with Crippen LogP contribution in [0.15, 0.2) is 53.1 Å². The van der Waals surface area contributed by atoms with Crippen molar-refractivity contribution in [2.45, 2.75) is 13.8 Å². The third kappa shape index (κ3) is 3.63. The molecule has 6 heteroatoms. The van der Waals surface area contributed by atoms with Crippen molar-refractivity contribution in [2.24, 2.45) is 5.92 Å². The molecule has 0 aliphatic rings. The second kappa shape index (κ2) is 6.84. The maximum absolute atomic E-state index is 11.7. The molecule has 0 radical (unpaired) electrons. The Morgan fingerprint density at radius 2 is 1.67 bits per heavy atom. The molecule has 24 heavy (non-hydrogen) atoms. The van der Waals surface area contributed by atoms with Crippen molar-refractivity contribution >= 4 is 23.2 Å². The fraction of sp³-hybridized carbons (Fsp3) is 0.167. The third-order valence-electron chi connectivity index (χ3n) is 3.45. The van der Waals surface area contributed by atoms with Gasteiger partial charge in [0.1, 0.15) is 0 Å². The molecule has 1 aromatic heterocycles. The lowest BCUT2D eigenvalue weighted by molar-refractivity contribution is -0.118. The molecule has 0 fully saturated rings. The van der Waals surface area contributed by atoms with Gasteiger partial charge >= 0.3 is 0 Å². The Morgan fingerprint density at radius 1 is 1.04 bits per heavy atom. The average Bonchev–Trinajstić information content (AvgIpc) is 3.06. The van der Waals surface area contributed by atoms with Crippen LogP contribution in [0.25, 0.3) is 22.8 Å². The van der Waals surface area contributed by atoms with Gasteiger partial charge in [0.2, 0.25) is 11.7 Å². The highest BCUT2D eigenvalue weighted by Gasteiger charge is 2.11. The molecule has 2 aromatic carbocycles. The lowest BCUT2D eigenvalue weighted by atomic mass is 10.1. The van der Waals surface area contributed by atoms with Crippen molar-refractivity contribution in [2.75, 3.05) is 5.32 Å². The van der Waals surface area contributed by atoms with Crippen LogP contribution in [-0.4, -0.2) is 16.0 Å². The summed E-state index contributed by atoms with van der Waals surface area (Å²) in [5.41, 5.74) is 2.34. The van der Waals surface area contributed by atoms with E-state index >= 15 is 0 Å². The second-order valence-corrected chi connectivity index (χ2v) is 6.09. The first kappa shape index (κ1) is 16.2. The molecule has 5 nitrogen and oxygen atoms in total. The topological polar surface area (TPSA) is 68.0 Å². The summed E-state index contributed by atoms with van der Waals surface area (Å²) in [6.07, 6.45) is 0. The van der Waals surface area contributed by atoms with Crippen molar-refractivity contribution in [3.8, 4) is 22.8 Å². The van der Waals surface area contributed by atoms with Crippen LogP contribution in [0.5, 0.6) is 0 Å². The van der Waals surface area contributed by atoms with Crippen molar-refractivity contribution in [3.63, 3.8) is 0 Å². The Morgan fingerprint density at radius 3 is 2.29 bits per heavy atom. The van der Waals surface area contributed by atoms with Gasteiger partial charge in [-0.2, -0.15) is 4.98 Å². The molecule has 3 aromatic rings. The molecule has 0 bridgehead atoms. The van der Waals surface area contributed by atoms with Crippen LogP contribution >= 0.6 is 11.6 Å². The van der Waals surface area contributed by atoms with Gasteiger partial charge in [-0.15, -0.1) is 0 Å². The van der Waals surface area contributed by atoms with E-state index in [0.717, 1.165) is 16.8 Å². The number of anilines is 1. The maximum Gasteiger partial charge on any atom is 0.258 e. The highest BCUT2D eigenvalue weighted by molar-refractivity contribution is 6.30. The van der Waals surface area contributed by atoms with E-state index in [4.69, 9.17) is 16.1 Å². The molecule has 1 N–H and O–H groups in total. The SMILES string of the molecule is CC(C)C(=O)Nc1ccc(-c2nc(-c3ccc(Cl)cc3)no2)cc1. The number of benzene rings is 2. The zero-order valence-electron chi connectivity index (χ0n) is 13.3. The van der Waals surface area contributed by atoms with Gasteiger partial charge in [0.15, 0.2) is 0 Å². The van der Waals surface area contributed by atoms with Crippen molar-refractivity contribution in [1.82, 2.24) is 10.1 Å². The van der Waals surface area contributed by atoms with Crippen LogP contribution in [0.3, 0.4) is 0 Å². The van der Waals surface area contributed by atoms with Gasteiger partial charge in [-0.25, -0.2) is 0 Å². The van der Waals surface area contributed by atoms with E-state index in [9.17, 15) is 4.79 Å². The Labute approximate surface area is 144 Å². The Balaban J connectivity index is 1.78. The first-order valence-corrected chi connectivity index (χ1v) is 7.91. The summed E-state index contributed by atoms with van der Waals surface area (Å²) in [6.45, 7) is 3.70. The van der Waals surface area contributed by atoms with E-state index in [1.807, 2.05) is 50.2 Å². The number of nitrogens with zero attached hydrogens (tertiary/aromatic N) is 2. The van der Waals surface area contributed by atoms with Crippen LogP contribution in [-0.2, 0) is 4.79 Å². The lowest BCUT2D eigenvalue weighted by Gasteiger charge is -2.07. The molecule has 1 amide bonds. The van der Waals surface area contributed by atoms with Crippen LogP contribution in [0, 0.1) is 5.92 Å². The molecule has 3 rings (SSSR count). The average molecular weight is 342 g/mol. The summed E-state index contributed by atoms with van der Waals surface area (Å²) in [4.78, 5) is 16.1. The number of amides is 1. The number of aromatic nitrogens is 2. The fourth-order valence-electron chi connectivity index (χ4n) is 2.04. The molecule has 0 aliphatic carbocycles. The molecule has 0 saturated heterocycles. The summed E-state index contributed by atoms with van der Waals surface area (Å²) >= 11 is 5.88. The largest absolute Gasteiger partial charge is 0.334 e. The first-order valence-electron chi connectivity index (χ1n) is 7.54. The molecule has 0 spiro atoms. The standard InChI is InChI=1S/C18H16ClN3O2/c1-11(2)17(23)20-15-9-5-13(6-10-15)18-21-16(22-24-18)12-3-7-14(19)8-4-12/h3-11H,1-2H3,(H,20,23). The Hall–Kier alpha value is -2.66. The molecule has 0 unspecified atom stereocenters. The minimum atomic E-state index is -0.0671. The first-order chi connectivity index (χ1) is 11.5. The molecular weight excluding hydrogens is 326 g/mol. The van der Waals surface area contributed by atoms with Crippen LogP contribution < -0.4 is 5.32 Å². The highest BCUT2D eigenvalue weighted by atomic mass is 35.5. The highest BCUT2D eigenvalue weighted by Crippen LogP contribution is 2.24. The number of nitrogens with one attached hydrogen (secondary N) is 1. The summed E-state index contributed by atoms with van der Waals surface area (Å²) in [6, 6.07) is 14.5. The number of rotatable bonds is 4. The van der Waals surface area contributed by atoms with Crippen molar-refractivity contribution < 1.29 is 9.32 Å². The van der Waals surface area contributed by atoms with Gasteiger partial charge in [-0.05, 0) is 48.5 Å². The van der Waals surface area contributed by atoms with Gasteiger partial charge in [0.05, 0.1) is 0 Å². The predicted molar refractivity (Wildman–Crippen MR) is 93.6 cm³/mol. The smallest absolute Gasteiger partial charge is 0.258 e. The van der Waals surface area contributed by atoms with Gasteiger partial charge in [0, 0.05) is 27.8 Å². The van der Waals surface area contributed by atoms with Crippen LogP contribution in [0.1, 0.15) is 13.8 Å². The number of carbonyl (C=O) groups excluding carboxylic acids is 1. The number of hydrogen-bond donors (Lipinski definition) is 1.